The maximum absolute atomic E-state index is 12.5. The van der Waals surface area contributed by atoms with E-state index in [1.165, 1.54) is 0 Å². The fraction of sp³-hybridized carbons (Fsp3) is 0.0952. The molecule has 128 valence electrons. The van der Waals surface area contributed by atoms with Gasteiger partial charge in [0, 0.05) is 17.1 Å². The van der Waals surface area contributed by atoms with Crippen molar-refractivity contribution in [1.82, 2.24) is 9.97 Å². The van der Waals surface area contributed by atoms with Crippen molar-refractivity contribution >= 4 is 22.5 Å². The third-order valence-electron chi connectivity index (χ3n) is 4.15. The summed E-state index contributed by atoms with van der Waals surface area (Å²) in [7, 11) is 0. The Morgan fingerprint density at radius 3 is 2.69 bits per heavy atom. The molecule has 5 nitrogen and oxygen atoms in total. The van der Waals surface area contributed by atoms with Gasteiger partial charge in [0.25, 0.3) is 0 Å². The van der Waals surface area contributed by atoms with E-state index >= 15 is 0 Å². The maximum atomic E-state index is 12.5. The van der Waals surface area contributed by atoms with Crippen LogP contribution in [0, 0.1) is 6.92 Å². The van der Waals surface area contributed by atoms with E-state index < -0.39 is 0 Å². The number of hydrogen-bond acceptors (Lipinski definition) is 4. The van der Waals surface area contributed by atoms with Gasteiger partial charge in [0.15, 0.2) is 0 Å². The number of para-hydroxylation sites is 1. The van der Waals surface area contributed by atoms with Crippen LogP contribution in [0.4, 0.5) is 5.69 Å². The molecule has 0 saturated heterocycles. The van der Waals surface area contributed by atoms with Crippen LogP contribution in [0.2, 0.25) is 0 Å². The van der Waals surface area contributed by atoms with Gasteiger partial charge >= 0.3 is 0 Å². The fourth-order valence-electron chi connectivity index (χ4n) is 2.85. The Bertz CT molecular complexity index is 1070. The summed E-state index contributed by atoms with van der Waals surface area (Å²) in [6.45, 7) is 1.82. The van der Waals surface area contributed by atoms with Crippen molar-refractivity contribution in [3.8, 4) is 11.5 Å². The molecule has 0 atom stereocenters. The molecule has 2 heterocycles. The van der Waals surface area contributed by atoms with Gasteiger partial charge in [-0.1, -0.05) is 36.4 Å². The summed E-state index contributed by atoms with van der Waals surface area (Å²) in [5, 5.41) is 3.91. The minimum absolute atomic E-state index is 0.144. The molecule has 0 radical (unpaired) electrons. The van der Waals surface area contributed by atoms with Crippen LogP contribution < -0.4 is 5.32 Å². The Hall–Kier alpha value is -3.47. The van der Waals surface area contributed by atoms with Gasteiger partial charge in [-0.05, 0) is 31.2 Å². The lowest BCUT2D eigenvalue weighted by molar-refractivity contribution is -0.115. The van der Waals surface area contributed by atoms with E-state index in [4.69, 9.17) is 4.42 Å². The predicted molar refractivity (Wildman–Crippen MR) is 101 cm³/mol. The van der Waals surface area contributed by atoms with Crippen molar-refractivity contribution in [2.75, 3.05) is 5.32 Å². The summed E-state index contributed by atoms with van der Waals surface area (Å²) in [5.41, 5.74) is 2.98. The number of benzene rings is 2. The number of oxazole rings is 1. The molecular formula is C21H17N3O2. The molecule has 0 fully saturated rings. The number of carbonyl (C=O) groups excluding carboxylic acids is 1. The number of carbonyl (C=O) groups is 1. The number of aromatic nitrogens is 2. The minimum atomic E-state index is -0.154. The third-order valence-corrected chi connectivity index (χ3v) is 4.15. The number of hydrogen-bond donors (Lipinski definition) is 1. The number of amides is 1. The van der Waals surface area contributed by atoms with Crippen molar-refractivity contribution in [1.29, 1.82) is 0 Å². The smallest absolute Gasteiger partial charge is 0.230 e. The summed E-state index contributed by atoms with van der Waals surface area (Å²) in [6, 6.07) is 19.2. The summed E-state index contributed by atoms with van der Waals surface area (Å²) >= 11 is 0. The lowest BCUT2D eigenvalue weighted by Gasteiger charge is -2.07. The Balaban J connectivity index is 1.54. The van der Waals surface area contributed by atoms with E-state index in [0.717, 1.165) is 16.5 Å². The quantitative estimate of drug-likeness (QED) is 0.597. The van der Waals surface area contributed by atoms with E-state index in [1.807, 2.05) is 67.6 Å². The second kappa shape index (κ2) is 6.80. The molecule has 2 aromatic carbocycles. The molecule has 0 aliphatic heterocycles. The molecule has 0 spiro atoms. The van der Waals surface area contributed by atoms with E-state index in [9.17, 15) is 4.79 Å². The van der Waals surface area contributed by atoms with Crippen LogP contribution in [0.3, 0.4) is 0 Å². The number of nitrogens with one attached hydrogen (secondary N) is 1. The van der Waals surface area contributed by atoms with Crippen LogP contribution in [-0.2, 0) is 11.2 Å². The van der Waals surface area contributed by atoms with Gasteiger partial charge in [0.1, 0.15) is 5.76 Å². The van der Waals surface area contributed by atoms with Crippen molar-refractivity contribution in [3.63, 3.8) is 0 Å². The predicted octanol–water partition coefficient (Wildman–Crippen LogP) is 4.38. The molecular weight excluding hydrogens is 326 g/mol. The third kappa shape index (κ3) is 3.19. The number of anilines is 1. The van der Waals surface area contributed by atoms with Crippen molar-refractivity contribution < 1.29 is 9.21 Å². The van der Waals surface area contributed by atoms with Gasteiger partial charge in [-0.3, -0.25) is 9.78 Å². The zero-order valence-corrected chi connectivity index (χ0v) is 14.3. The van der Waals surface area contributed by atoms with Gasteiger partial charge in [-0.25, -0.2) is 4.98 Å². The summed E-state index contributed by atoms with van der Waals surface area (Å²) < 4.78 is 5.72. The summed E-state index contributed by atoms with van der Waals surface area (Å²) in [5.74, 6) is 1.02. The maximum Gasteiger partial charge on any atom is 0.230 e. The second-order valence-corrected chi connectivity index (χ2v) is 5.99. The Morgan fingerprint density at radius 2 is 1.85 bits per heavy atom. The number of rotatable bonds is 4. The molecule has 0 aliphatic rings. The first-order chi connectivity index (χ1) is 12.7. The van der Waals surface area contributed by atoms with Gasteiger partial charge in [-0.2, -0.15) is 0 Å². The highest BCUT2D eigenvalue weighted by Crippen LogP contribution is 2.23. The molecule has 0 unspecified atom stereocenters. The summed E-state index contributed by atoms with van der Waals surface area (Å²) in [4.78, 5) is 21.3. The van der Waals surface area contributed by atoms with Crippen LogP contribution in [0.25, 0.3) is 22.4 Å². The van der Waals surface area contributed by atoms with Gasteiger partial charge in [0.05, 0.1) is 23.3 Å². The SMILES string of the molecule is Cc1oc(-c2ccccc2)nc1CC(=O)Nc1cccc2cccnc12. The molecule has 4 aromatic rings. The van der Waals surface area contributed by atoms with Gasteiger partial charge in [-0.15, -0.1) is 0 Å². The normalized spacial score (nSPS) is 10.8. The highest BCUT2D eigenvalue weighted by atomic mass is 16.4. The number of nitrogens with zero attached hydrogens (tertiary/aromatic N) is 2. The molecule has 2 aromatic heterocycles. The Kier molecular flexibility index (Phi) is 4.19. The number of fused-ring (bicyclic) bond motifs is 1. The first kappa shape index (κ1) is 16.0. The van der Waals surface area contributed by atoms with Crippen LogP contribution in [0.1, 0.15) is 11.5 Å². The molecule has 5 heteroatoms. The molecule has 0 bridgehead atoms. The van der Waals surface area contributed by atoms with Crippen LogP contribution in [0.5, 0.6) is 0 Å². The average molecular weight is 343 g/mol. The fourth-order valence-corrected chi connectivity index (χ4v) is 2.85. The van der Waals surface area contributed by atoms with Crippen molar-refractivity contribution in [3.05, 3.63) is 78.3 Å². The number of aryl methyl sites for hydroxylation is 1. The van der Waals surface area contributed by atoms with Gasteiger partial charge in [0.2, 0.25) is 11.8 Å². The molecule has 0 saturated carbocycles. The van der Waals surface area contributed by atoms with Crippen molar-refractivity contribution in [2.45, 2.75) is 13.3 Å². The zero-order valence-electron chi connectivity index (χ0n) is 14.3. The van der Waals surface area contributed by atoms with Crippen molar-refractivity contribution in [2.24, 2.45) is 0 Å². The van der Waals surface area contributed by atoms with Gasteiger partial charge < -0.3 is 9.73 Å². The Labute approximate surface area is 150 Å². The minimum Gasteiger partial charge on any atom is -0.441 e. The lowest BCUT2D eigenvalue weighted by atomic mass is 10.2. The van der Waals surface area contributed by atoms with E-state index in [-0.39, 0.29) is 12.3 Å². The topological polar surface area (TPSA) is 68.0 Å². The molecule has 1 amide bonds. The van der Waals surface area contributed by atoms with E-state index in [2.05, 4.69) is 15.3 Å². The first-order valence-electron chi connectivity index (χ1n) is 8.36. The molecule has 26 heavy (non-hydrogen) atoms. The number of pyridine rings is 1. The molecule has 1 N–H and O–H groups in total. The highest BCUT2D eigenvalue weighted by Gasteiger charge is 2.15. The molecule has 0 aliphatic carbocycles. The van der Waals surface area contributed by atoms with E-state index in [1.54, 1.807) is 6.20 Å². The van der Waals surface area contributed by atoms with Crippen LogP contribution in [0.15, 0.2) is 71.3 Å². The first-order valence-corrected chi connectivity index (χ1v) is 8.36. The average Bonchev–Trinajstić information content (AvgIpc) is 3.03. The van der Waals surface area contributed by atoms with Crippen LogP contribution >= 0.6 is 0 Å². The van der Waals surface area contributed by atoms with Crippen LogP contribution in [-0.4, -0.2) is 15.9 Å². The largest absolute Gasteiger partial charge is 0.441 e. The zero-order chi connectivity index (χ0) is 17.9. The standard InChI is InChI=1S/C21H17N3O2/c1-14-18(24-21(26-14)16-7-3-2-4-8-16)13-19(25)23-17-11-5-9-15-10-6-12-22-20(15)17/h2-12H,13H2,1H3,(H,23,25). The highest BCUT2D eigenvalue weighted by molar-refractivity contribution is 6.00. The second-order valence-electron chi connectivity index (χ2n) is 5.99. The molecule has 4 rings (SSSR count). The van der Waals surface area contributed by atoms with E-state index in [0.29, 0.717) is 23.0 Å². The monoisotopic (exact) mass is 343 g/mol. The Morgan fingerprint density at radius 1 is 1.04 bits per heavy atom. The lowest BCUT2D eigenvalue weighted by Crippen LogP contribution is -2.15. The summed E-state index contributed by atoms with van der Waals surface area (Å²) in [6.07, 6.45) is 1.86.